The lowest BCUT2D eigenvalue weighted by atomic mass is 10.2. The van der Waals surface area contributed by atoms with Crippen LogP contribution in [0.4, 0.5) is 0 Å². The molecule has 0 amide bonds. The number of carbonyl (C=O) groups excluding carboxylic acids is 1. The highest BCUT2D eigenvalue weighted by Crippen LogP contribution is 2.08. The van der Waals surface area contributed by atoms with Crippen LogP contribution < -0.4 is 11.3 Å². The van der Waals surface area contributed by atoms with Gasteiger partial charge in [-0.1, -0.05) is 0 Å². The Labute approximate surface area is 96.7 Å². The van der Waals surface area contributed by atoms with Gasteiger partial charge in [0.05, 0.1) is 12.8 Å². The van der Waals surface area contributed by atoms with Crippen LogP contribution in [0, 0.1) is 0 Å². The van der Waals surface area contributed by atoms with Gasteiger partial charge in [0.25, 0.3) is 5.56 Å². The summed E-state index contributed by atoms with van der Waals surface area (Å²) in [5.74, 6) is -0.538. The molecule has 0 unspecified atom stereocenters. The summed E-state index contributed by atoms with van der Waals surface area (Å²) in [5, 5.41) is 0. The molecular weight excluding hydrogens is 222 g/mol. The van der Waals surface area contributed by atoms with Crippen molar-refractivity contribution in [3.63, 3.8) is 0 Å². The molecule has 0 spiro atoms. The summed E-state index contributed by atoms with van der Waals surface area (Å²) in [7, 11) is 1.27. The van der Waals surface area contributed by atoms with Crippen LogP contribution in [0.2, 0.25) is 0 Å². The second kappa shape index (κ2) is 4.34. The number of esters is 1. The molecule has 2 aromatic rings. The molecule has 0 aliphatic rings. The number of carbonyl (C=O) groups is 1. The molecule has 0 saturated heterocycles. The number of ether oxygens (including phenoxy) is 1. The maximum atomic E-state index is 11.7. The van der Waals surface area contributed by atoms with Crippen molar-refractivity contribution in [2.75, 3.05) is 7.11 Å². The highest BCUT2D eigenvalue weighted by molar-refractivity contribution is 5.95. The third kappa shape index (κ3) is 1.90. The number of nitrogens with two attached hydrogens (primary N) is 1. The van der Waals surface area contributed by atoms with E-state index in [1.807, 2.05) is 0 Å². The minimum Gasteiger partial charge on any atom is -0.465 e. The van der Waals surface area contributed by atoms with Crippen LogP contribution in [0.25, 0.3) is 5.65 Å². The molecule has 2 rings (SSSR count). The van der Waals surface area contributed by atoms with E-state index in [-0.39, 0.29) is 23.3 Å². The van der Waals surface area contributed by atoms with E-state index in [1.165, 1.54) is 23.8 Å². The Morgan fingerprint density at radius 1 is 1.59 bits per heavy atom. The minimum absolute atomic E-state index is 0.140. The molecule has 0 aliphatic heterocycles. The predicted molar refractivity (Wildman–Crippen MR) is 60.7 cm³/mol. The zero-order valence-corrected chi connectivity index (χ0v) is 9.21. The highest BCUT2D eigenvalue weighted by Gasteiger charge is 2.12. The summed E-state index contributed by atoms with van der Waals surface area (Å²) in [6.45, 7) is 0.140. The molecule has 0 aliphatic carbocycles. The van der Waals surface area contributed by atoms with Gasteiger partial charge in [0.2, 0.25) is 0 Å². The molecule has 88 valence electrons. The summed E-state index contributed by atoms with van der Waals surface area (Å²) in [5.41, 5.74) is 6.10. The van der Waals surface area contributed by atoms with E-state index in [9.17, 15) is 9.59 Å². The van der Waals surface area contributed by atoms with E-state index < -0.39 is 5.97 Å². The average molecular weight is 233 g/mol. The molecule has 2 N–H and O–H groups in total. The number of rotatable bonds is 2. The monoisotopic (exact) mass is 233 g/mol. The van der Waals surface area contributed by atoms with Crippen LogP contribution in [0.1, 0.15) is 16.1 Å². The van der Waals surface area contributed by atoms with E-state index in [4.69, 9.17) is 5.73 Å². The molecule has 0 atom stereocenters. The lowest BCUT2D eigenvalue weighted by Crippen LogP contribution is -2.19. The third-order valence-electron chi connectivity index (χ3n) is 2.36. The van der Waals surface area contributed by atoms with Crippen molar-refractivity contribution in [2.24, 2.45) is 5.73 Å². The number of fused-ring (bicyclic) bond motifs is 1. The minimum atomic E-state index is -0.538. The van der Waals surface area contributed by atoms with Gasteiger partial charge in [0.15, 0.2) is 5.65 Å². The quantitative estimate of drug-likeness (QED) is 0.734. The van der Waals surface area contributed by atoms with Crippen molar-refractivity contribution < 1.29 is 9.53 Å². The largest absolute Gasteiger partial charge is 0.465 e. The summed E-state index contributed by atoms with van der Waals surface area (Å²) in [6.07, 6.45) is 1.54. The number of pyridine rings is 1. The van der Waals surface area contributed by atoms with E-state index >= 15 is 0 Å². The fourth-order valence-corrected chi connectivity index (χ4v) is 1.55. The molecule has 0 saturated carbocycles. The fraction of sp³-hybridized carbons (Fsp3) is 0.182. The molecule has 2 heterocycles. The van der Waals surface area contributed by atoms with Gasteiger partial charge in [0.1, 0.15) is 5.56 Å². The smallest absolute Gasteiger partial charge is 0.341 e. The van der Waals surface area contributed by atoms with Gasteiger partial charge in [0, 0.05) is 18.8 Å². The Kier molecular flexibility index (Phi) is 2.88. The molecular formula is C11H11N3O3. The van der Waals surface area contributed by atoms with Crippen molar-refractivity contribution in [3.05, 3.63) is 46.0 Å². The van der Waals surface area contributed by atoms with Crippen LogP contribution in [0.15, 0.2) is 29.2 Å². The highest BCUT2D eigenvalue weighted by atomic mass is 16.5. The molecule has 0 radical (unpaired) electrons. The number of methoxy groups -OCH3 is 1. The second-order valence-electron chi connectivity index (χ2n) is 3.40. The van der Waals surface area contributed by atoms with Crippen LogP contribution in [0.3, 0.4) is 0 Å². The molecule has 2 aromatic heterocycles. The average Bonchev–Trinajstić information content (AvgIpc) is 2.37. The van der Waals surface area contributed by atoms with Gasteiger partial charge in [-0.15, -0.1) is 0 Å². The Bertz CT molecular complexity index is 633. The van der Waals surface area contributed by atoms with E-state index in [0.717, 1.165) is 0 Å². The zero-order valence-electron chi connectivity index (χ0n) is 9.21. The Hall–Kier alpha value is -2.21. The van der Waals surface area contributed by atoms with Crippen molar-refractivity contribution >= 4 is 11.6 Å². The van der Waals surface area contributed by atoms with Gasteiger partial charge < -0.3 is 10.5 Å². The zero-order chi connectivity index (χ0) is 12.4. The normalized spacial score (nSPS) is 10.5. The van der Waals surface area contributed by atoms with Crippen molar-refractivity contribution in [1.82, 2.24) is 9.38 Å². The van der Waals surface area contributed by atoms with Gasteiger partial charge in [-0.05, 0) is 12.1 Å². The number of hydrogen-bond acceptors (Lipinski definition) is 5. The van der Waals surface area contributed by atoms with Gasteiger partial charge >= 0.3 is 5.97 Å². The second-order valence-corrected chi connectivity index (χ2v) is 3.40. The first-order valence-corrected chi connectivity index (χ1v) is 4.97. The molecule has 0 aromatic carbocycles. The number of nitrogens with zero attached hydrogens (tertiary/aromatic N) is 2. The van der Waals surface area contributed by atoms with E-state index in [1.54, 1.807) is 12.1 Å². The SMILES string of the molecule is COC(=O)c1cccn2c(=O)cc(CN)nc12. The van der Waals surface area contributed by atoms with Gasteiger partial charge in [-0.3, -0.25) is 9.20 Å². The third-order valence-corrected chi connectivity index (χ3v) is 2.36. The first-order chi connectivity index (χ1) is 8.17. The molecule has 6 nitrogen and oxygen atoms in total. The first kappa shape index (κ1) is 11.3. The number of hydrogen-bond donors (Lipinski definition) is 1. The standard InChI is InChI=1S/C11H11N3O3/c1-17-11(16)8-3-2-4-14-9(15)5-7(6-12)13-10(8)14/h2-5H,6,12H2,1H3. The first-order valence-electron chi connectivity index (χ1n) is 4.97. The van der Waals surface area contributed by atoms with Gasteiger partial charge in [-0.25, -0.2) is 9.78 Å². The predicted octanol–water partition coefficient (Wildman–Crippen LogP) is -0.0602. The molecule has 17 heavy (non-hydrogen) atoms. The lowest BCUT2D eigenvalue weighted by molar-refractivity contribution is 0.0602. The maximum Gasteiger partial charge on any atom is 0.341 e. The van der Waals surface area contributed by atoms with E-state index in [0.29, 0.717) is 5.69 Å². The van der Waals surface area contributed by atoms with Crippen LogP contribution >= 0.6 is 0 Å². The topological polar surface area (TPSA) is 86.7 Å². The van der Waals surface area contributed by atoms with Crippen molar-refractivity contribution in [2.45, 2.75) is 6.54 Å². The Morgan fingerprint density at radius 2 is 2.35 bits per heavy atom. The van der Waals surface area contributed by atoms with Crippen LogP contribution in [0.5, 0.6) is 0 Å². The van der Waals surface area contributed by atoms with Crippen molar-refractivity contribution in [1.29, 1.82) is 0 Å². The Balaban J connectivity index is 2.82. The summed E-state index contributed by atoms with van der Waals surface area (Å²) in [6, 6.07) is 4.48. The lowest BCUT2D eigenvalue weighted by Gasteiger charge is -2.06. The van der Waals surface area contributed by atoms with Crippen molar-refractivity contribution in [3.8, 4) is 0 Å². The Morgan fingerprint density at radius 3 is 3.00 bits per heavy atom. The van der Waals surface area contributed by atoms with Crippen LogP contribution in [-0.4, -0.2) is 22.5 Å². The van der Waals surface area contributed by atoms with E-state index in [2.05, 4.69) is 9.72 Å². The molecule has 0 fully saturated rings. The maximum absolute atomic E-state index is 11.7. The summed E-state index contributed by atoms with van der Waals surface area (Å²) in [4.78, 5) is 27.4. The van der Waals surface area contributed by atoms with Crippen LogP contribution in [-0.2, 0) is 11.3 Å². The fourth-order valence-electron chi connectivity index (χ4n) is 1.55. The summed E-state index contributed by atoms with van der Waals surface area (Å²) < 4.78 is 5.92. The number of aromatic nitrogens is 2. The molecule has 6 heteroatoms. The summed E-state index contributed by atoms with van der Waals surface area (Å²) >= 11 is 0. The molecule has 0 bridgehead atoms. The van der Waals surface area contributed by atoms with Gasteiger partial charge in [-0.2, -0.15) is 0 Å².